The van der Waals surface area contributed by atoms with Crippen LogP contribution in [0.5, 0.6) is 0 Å². The van der Waals surface area contributed by atoms with Crippen molar-refractivity contribution in [2.24, 2.45) is 5.41 Å². The second kappa shape index (κ2) is 8.72. The maximum absolute atomic E-state index is 12.8. The van der Waals surface area contributed by atoms with Gasteiger partial charge in [0.1, 0.15) is 12.6 Å². The Kier molecular flexibility index (Phi) is 6.90. The summed E-state index contributed by atoms with van der Waals surface area (Å²) >= 11 is 1.63. The number of ether oxygens (including phenoxy) is 2. The lowest BCUT2D eigenvalue weighted by atomic mass is 9.94. The number of esters is 1. The van der Waals surface area contributed by atoms with Crippen LogP contribution in [0.4, 0.5) is 0 Å². The smallest absolute Gasteiger partial charge is 0.329 e. The molecular formula is C19H27NO4S. The summed E-state index contributed by atoms with van der Waals surface area (Å²) in [6, 6.07) is 9.18. The molecule has 0 aromatic heterocycles. The van der Waals surface area contributed by atoms with E-state index in [0.29, 0.717) is 19.0 Å². The van der Waals surface area contributed by atoms with Crippen molar-refractivity contribution in [1.82, 2.24) is 4.90 Å². The lowest BCUT2D eigenvalue weighted by Gasteiger charge is -2.36. The minimum atomic E-state index is -0.540. The number of benzene rings is 1. The average Bonchev–Trinajstić information content (AvgIpc) is 3.01. The van der Waals surface area contributed by atoms with E-state index in [-0.39, 0.29) is 29.3 Å². The molecule has 1 amide bonds. The molecule has 1 aromatic carbocycles. The molecule has 6 heteroatoms. The normalized spacial score (nSPS) is 20.6. The third kappa shape index (κ3) is 5.22. The Balaban J connectivity index is 2.03. The van der Waals surface area contributed by atoms with Crippen LogP contribution < -0.4 is 0 Å². The molecule has 1 saturated heterocycles. The number of carbonyl (C=O) groups excluding carboxylic acids is 2. The van der Waals surface area contributed by atoms with E-state index in [9.17, 15) is 9.59 Å². The molecular weight excluding hydrogens is 338 g/mol. The molecule has 0 bridgehead atoms. The van der Waals surface area contributed by atoms with Gasteiger partial charge < -0.3 is 14.4 Å². The number of carbonyl (C=O) groups is 2. The predicted molar refractivity (Wildman–Crippen MR) is 99.1 cm³/mol. The Morgan fingerprint density at radius 3 is 2.52 bits per heavy atom. The molecule has 1 heterocycles. The van der Waals surface area contributed by atoms with Crippen LogP contribution in [0.2, 0.25) is 0 Å². The highest BCUT2D eigenvalue weighted by Crippen LogP contribution is 2.40. The second-order valence-electron chi connectivity index (χ2n) is 7.10. The first-order valence-corrected chi connectivity index (χ1v) is 9.60. The zero-order chi connectivity index (χ0) is 18.4. The number of hydrogen-bond acceptors (Lipinski definition) is 5. The van der Waals surface area contributed by atoms with Gasteiger partial charge in [0, 0.05) is 5.75 Å². The Hall–Kier alpha value is -1.53. The van der Waals surface area contributed by atoms with Gasteiger partial charge in [0.25, 0.3) is 0 Å². The van der Waals surface area contributed by atoms with E-state index in [4.69, 9.17) is 9.47 Å². The van der Waals surface area contributed by atoms with E-state index < -0.39 is 6.04 Å². The van der Waals surface area contributed by atoms with Gasteiger partial charge in [-0.3, -0.25) is 4.79 Å². The van der Waals surface area contributed by atoms with E-state index in [1.54, 1.807) is 23.6 Å². The molecule has 2 unspecified atom stereocenters. The van der Waals surface area contributed by atoms with Crippen molar-refractivity contribution in [3.05, 3.63) is 35.9 Å². The van der Waals surface area contributed by atoms with Crippen LogP contribution in [0, 0.1) is 5.41 Å². The summed E-state index contributed by atoms with van der Waals surface area (Å²) in [5.41, 5.74) is 0.876. The summed E-state index contributed by atoms with van der Waals surface area (Å²) < 4.78 is 10.7. The van der Waals surface area contributed by atoms with E-state index >= 15 is 0 Å². The molecule has 5 nitrogen and oxygen atoms in total. The highest BCUT2D eigenvalue weighted by atomic mass is 32.2. The predicted octanol–water partition coefficient (Wildman–Crippen LogP) is 3.08. The standard InChI is InChI=1S/C19H27NO4S/c1-5-24-17(22)15-13-25-18(19(2,3)4)20(15)16(21)12-23-11-14-9-7-6-8-10-14/h6-10,15,18H,5,11-13H2,1-4H3. The minimum Gasteiger partial charge on any atom is -0.464 e. The largest absolute Gasteiger partial charge is 0.464 e. The van der Waals surface area contributed by atoms with Gasteiger partial charge in [0.15, 0.2) is 0 Å². The average molecular weight is 365 g/mol. The van der Waals surface area contributed by atoms with Crippen molar-refractivity contribution in [3.8, 4) is 0 Å². The first-order chi connectivity index (χ1) is 11.8. The summed E-state index contributed by atoms with van der Waals surface area (Å²) in [5, 5.41) is -0.0743. The Morgan fingerprint density at radius 1 is 1.24 bits per heavy atom. The number of thioether (sulfide) groups is 1. The molecule has 1 aromatic rings. The van der Waals surface area contributed by atoms with E-state index in [2.05, 4.69) is 20.8 Å². The fourth-order valence-electron chi connectivity index (χ4n) is 2.80. The Bertz CT molecular complexity index is 585. The molecule has 1 aliphatic heterocycles. The van der Waals surface area contributed by atoms with Gasteiger partial charge in [0.2, 0.25) is 5.91 Å². The molecule has 0 spiro atoms. The molecule has 0 radical (unpaired) electrons. The summed E-state index contributed by atoms with van der Waals surface area (Å²) in [5.74, 6) is 0.0580. The summed E-state index contributed by atoms with van der Waals surface area (Å²) in [6.45, 7) is 8.63. The van der Waals surface area contributed by atoms with E-state index in [0.717, 1.165) is 5.56 Å². The van der Waals surface area contributed by atoms with Crippen molar-refractivity contribution < 1.29 is 19.1 Å². The second-order valence-corrected chi connectivity index (χ2v) is 8.21. The van der Waals surface area contributed by atoms with Crippen LogP contribution in [-0.2, 0) is 25.7 Å². The van der Waals surface area contributed by atoms with Gasteiger partial charge in [-0.25, -0.2) is 4.79 Å². The van der Waals surface area contributed by atoms with Crippen molar-refractivity contribution >= 4 is 23.6 Å². The summed E-state index contributed by atoms with van der Waals surface area (Å²) in [7, 11) is 0. The lowest BCUT2D eigenvalue weighted by Crippen LogP contribution is -2.51. The van der Waals surface area contributed by atoms with Crippen molar-refractivity contribution in [2.45, 2.75) is 45.7 Å². The van der Waals surface area contributed by atoms with E-state index in [1.165, 1.54) is 0 Å². The van der Waals surface area contributed by atoms with Gasteiger partial charge in [0.05, 0.1) is 18.6 Å². The molecule has 2 rings (SSSR count). The SMILES string of the molecule is CCOC(=O)C1CSC(C(C)(C)C)N1C(=O)COCc1ccccc1. The molecule has 0 aliphatic carbocycles. The zero-order valence-corrected chi connectivity index (χ0v) is 16.2. The van der Waals surface area contributed by atoms with Crippen LogP contribution >= 0.6 is 11.8 Å². The number of rotatable bonds is 6. The van der Waals surface area contributed by atoms with Crippen LogP contribution in [-0.4, -0.2) is 47.2 Å². The van der Waals surface area contributed by atoms with Gasteiger partial charge >= 0.3 is 5.97 Å². The first-order valence-electron chi connectivity index (χ1n) is 8.55. The quantitative estimate of drug-likeness (QED) is 0.725. The Morgan fingerprint density at radius 2 is 1.92 bits per heavy atom. The topological polar surface area (TPSA) is 55.8 Å². The molecule has 0 N–H and O–H groups in total. The van der Waals surface area contributed by atoms with Crippen molar-refractivity contribution in [2.75, 3.05) is 19.0 Å². The van der Waals surface area contributed by atoms with Crippen molar-refractivity contribution in [3.63, 3.8) is 0 Å². The van der Waals surface area contributed by atoms with Crippen LogP contribution in [0.25, 0.3) is 0 Å². The van der Waals surface area contributed by atoms with Gasteiger partial charge in [-0.2, -0.15) is 0 Å². The summed E-state index contributed by atoms with van der Waals surface area (Å²) in [4.78, 5) is 26.7. The third-order valence-electron chi connectivity index (χ3n) is 3.92. The minimum absolute atomic E-state index is 0.0437. The fraction of sp³-hybridized carbons (Fsp3) is 0.579. The molecule has 1 aliphatic rings. The maximum atomic E-state index is 12.8. The molecule has 138 valence electrons. The fourth-order valence-corrected chi connectivity index (χ4v) is 4.39. The molecule has 2 atom stereocenters. The molecule has 1 fully saturated rings. The van der Waals surface area contributed by atoms with Gasteiger partial charge in [-0.15, -0.1) is 11.8 Å². The lowest BCUT2D eigenvalue weighted by molar-refractivity contribution is -0.156. The van der Waals surface area contributed by atoms with E-state index in [1.807, 2.05) is 30.3 Å². The monoisotopic (exact) mass is 365 g/mol. The first kappa shape index (κ1) is 19.8. The van der Waals surface area contributed by atoms with Gasteiger partial charge in [-0.05, 0) is 17.9 Å². The molecule has 0 saturated carbocycles. The van der Waals surface area contributed by atoms with Crippen LogP contribution in [0.3, 0.4) is 0 Å². The highest BCUT2D eigenvalue weighted by molar-refractivity contribution is 8.00. The van der Waals surface area contributed by atoms with Crippen molar-refractivity contribution in [1.29, 1.82) is 0 Å². The third-order valence-corrected chi connectivity index (χ3v) is 5.68. The van der Waals surface area contributed by atoms with Crippen LogP contribution in [0.15, 0.2) is 30.3 Å². The highest BCUT2D eigenvalue weighted by Gasteiger charge is 2.46. The summed E-state index contributed by atoms with van der Waals surface area (Å²) in [6.07, 6.45) is 0. The van der Waals surface area contributed by atoms with Crippen LogP contribution in [0.1, 0.15) is 33.3 Å². The zero-order valence-electron chi connectivity index (χ0n) is 15.4. The maximum Gasteiger partial charge on any atom is 0.329 e. The Labute approximate surface area is 154 Å². The molecule has 25 heavy (non-hydrogen) atoms. The van der Waals surface area contributed by atoms with Gasteiger partial charge in [-0.1, -0.05) is 51.1 Å². The number of amides is 1. The number of nitrogens with zero attached hydrogens (tertiary/aromatic N) is 1. The number of hydrogen-bond donors (Lipinski definition) is 0.